The van der Waals surface area contributed by atoms with Crippen LogP contribution >= 0.6 is 0 Å². The van der Waals surface area contributed by atoms with Gasteiger partial charge in [-0.2, -0.15) is 0 Å². The Balaban J connectivity index is 2.11. The van der Waals surface area contributed by atoms with Gasteiger partial charge in [0.25, 0.3) is 0 Å². The van der Waals surface area contributed by atoms with Gasteiger partial charge >= 0.3 is 0 Å². The summed E-state index contributed by atoms with van der Waals surface area (Å²) in [6, 6.07) is 0. The Morgan fingerprint density at radius 2 is 1.43 bits per heavy atom. The molecule has 0 saturated heterocycles. The van der Waals surface area contributed by atoms with Crippen LogP contribution in [0.3, 0.4) is 0 Å². The number of carbonyl (C=O) groups is 2. The fourth-order valence-corrected chi connectivity index (χ4v) is 3.68. The third-order valence-electron chi connectivity index (χ3n) is 4.14. The Morgan fingerprint density at radius 1 is 1.00 bits per heavy atom. The average Bonchev–Trinajstić information content (AvgIpc) is 2.06. The topological polar surface area (TPSA) is 86.2 Å². The largest absolute Gasteiger partial charge is 0.319 e. The molecule has 0 radical (unpaired) electrons. The van der Waals surface area contributed by atoms with Gasteiger partial charge in [0, 0.05) is 11.8 Å². The molecule has 14 heavy (non-hydrogen) atoms. The summed E-state index contributed by atoms with van der Waals surface area (Å²) >= 11 is 0. The number of hydrogen-bond acceptors (Lipinski definition) is 4. The lowest BCUT2D eigenvalue weighted by Crippen LogP contribution is -2.74. The standard InChI is InChI=1S/C10H14N2O2/c11-9-2-5-1-6(8(9)14)3-10(12,4-9)7(5)13/h5-6H,1-4,11-12H2/t5-,6-,9-,10-/m1/s1. The maximum absolute atomic E-state index is 11.9. The molecule has 4 heteroatoms. The molecule has 0 aliphatic heterocycles. The minimum Gasteiger partial charge on any atom is -0.319 e. The summed E-state index contributed by atoms with van der Waals surface area (Å²) in [4.78, 5) is 23.7. The van der Waals surface area contributed by atoms with Crippen LogP contribution in [0.5, 0.6) is 0 Å². The lowest BCUT2D eigenvalue weighted by atomic mass is 9.49. The Bertz CT molecular complexity index is 322. The van der Waals surface area contributed by atoms with E-state index in [-0.39, 0.29) is 23.4 Å². The number of ketones is 2. The van der Waals surface area contributed by atoms with Crippen molar-refractivity contribution >= 4 is 11.6 Å². The van der Waals surface area contributed by atoms with Crippen molar-refractivity contribution in [2.75, 3.05) is 0 Å². The normalized spacial score (nSPS) is 55.6. The van der Waals surface area contributed by atoms with Crippen LogP contribution in [0.1, 0.15) is 25.7 Å². The molecule has 0 unspecified atom stereocenters. The Hall–Kier alpha value is -0.740. The van der Waals surface area contributed by atoms with E-state index in [2.05, 4.69) is 0 Å². The number of carbonyl (C=O) groups excluding carboxylic acids is 2. The Kier molecular flexibility index (Phi) is 1.28. The highest BCUT2D eigenvalue weighted by Gasteiger charge is 2.64. The molecule has 4 nitrogen and oxygen atoms in total. The van der Waals surface area contributed by atoms with E-state index in [1.807, 2.05) is 0 Å². The molecule has 4 saturated carbocycles. The van der Waals surface area contributed by atoms with Crippen LogP contribution in [-0.4, -0.2) is 22.6 Å². The number of hydrogen-bond donors (Lipinski definition) is 2. The van der Waals surface area contributed by atoms with Gasteiger partial charge < -0.3 is 11.5 Å². The van der Waals surface area contributed by atoms with Gasteiger partial charge in [0.1, 0.15) is 0 Å². The zero-order valence-electron chi connectivity index (χ0n) is 7.95. The van der Waals surface area contributed by atoms with E-state index in [4.69, 9.17) is 11.5 Å². The van der Waals surface area contributed by atoms with Gasteiger partial charge in [0.05, 0.1) is 11.1 Å². The molecule has 4 bridgehead atoms. The first-order chi connectivity index (χ1) is 6.45. The molecule has 76 valence electrons. The highest BCUT2D eigenvalue weighted by atomic mass is 16.1. The third-order valence-corrected chi connectivity index (χ3v) is 4.14. The van der Waals surface area contributed by atoms with Crippen LogP contribution < -0.4 is 11.5 Å². The highest BCUT2D eigenvalue weighted by molar-refractivity contribution is 6.03. The first kappa shape index (κ1) is 8.56. The van der Waals surface area contributed by atoms with Crippen LogP contribution in [0.25, 0.3) is 0 Å². The van der Waals surface area contributed by atoms with E-state index in [0.29, 0.717) is 25.7 Å². The lowest BCUT2D eigenvalue weighted by Gasteiger charge is -2.56. The zero-order chi connectivity index (χ0) is 10.1. The van der Waals surface area contributed by atoms with Crippen LogP contribution in [-0.2, 0) is 9.59 Å². The maximum atomic E-state index is 11.9. The smallest absolute Gasteiger partial charge is 0.155 e. The summed E-state index contributed by atoms with van der Waals surface area (Å²) in [6.45, 7) is 0. The molecule has 4 N–H and O–H groups in total. The second kappa shape index (κ2) is 2.09. The Morgan fingerprint density at radius 3 is 1.79 bits per heavy atom. The van der Waals surface area contributed by atoms with E-state index in [1.54, 1.807) is 0 Å². The molecule has 0 aromatic rings. The summed E-state index contributed by atoms with van der Waals surface area (Å²) in [5.74, 6) is 0.190. The molecule has 4 rings (SSSR count). The Labute approximate surface area is 82.0 Å². The fourth-order valence-electron chi connectivity index (χ4n) is 3.68. The van der Waals surface area contributed by atoms with Crippen molar-refractivity contribution in [3.05, 3.63) is 0 Å². The van der Waals surface area contributed by atoms with Gasteiger partial charge in [-0.1, -0.05) is 0 Å². The third kappa shape index (κ3) is 0.769. The van der Waals surface area contributed by atoms with E-state index in [0.717, 1.165) is 0 Å². The second-order valence-electron chi connectivity index (χ2n) is 5.26. The van der Waals surface area contributed by atoms with Gasteiger partial charge in [0.15, 0.2) is 11.6 Å². The summed E-state index contributed by atoms with van der Waals surface area (Å²) in [5, 5.41) is 0. The quantitative estimate of drug-likeness (QED) is 0.536. The number of Topliss-reactive ketones (excluding diaryl/α,β-unsaturated/α-hetero) is 2. The van der Waals surface area contributed by atoms with Crippen molar-refractivity contribution in [1.29, 1.82) is 0 Å². The van der Waals surface area contributed by atoms with Gasteiger partial charge in [-0.15, -0.1) is 0 Å². The SMILES string of the molecule is N[C@]12C[C@H]3C[C@H](C[C@@](N)(C1)C3=O)C2=O. The summed E-state index contributed by atoms with van der Waals surface area (Å²) in [5.41, 5.74) is 10.5. The molecular weight excluding hydrogens is 180 g/mol. The molecule has 0 aromatic carbocycles. The van der Waals surface area contributed by atoms with Gasteiger partial charge in [-0.05, 0) is 25.7 Å². The van der Waals surface area contributed by atoms with E-state index in [9.17, 15) is 9.59 Å². The first-order valence-electron chi connectivity index (χ1n) is 5.11. The molecule has 4 aliphatic rings. The van der Waals surface area contributed by atoms with Crippen molar-refractivity contribution in [1.82, 2.24) is 0 Å². The molecule has 4 fully saturated rings. The number of rotatable bonds is 0. The molecule has 4 atom stereocenters. The van der Waals surface area contributed by atoms with Crippen LogP contribution in [0.2, 0.25) is 0 Å². The van der Waals surface area contributed by atoms with Crippen LogP contribution in [0.15, 0.2) is 0 Å². The molecular formula is C10H14N2O2. The monoisotopic (exact) mass is 194 g/mol. The minimum absolute atomic E-state index is 0.0461. The van der Waals surface area contributed by atoms with Crippen molar-refractivity contribution in [2.24, 2.45) is 23.3 Å². The van der Waals surface area contributed by atoms with Crippen molar-refractivity contribution in [3.63, 3.8) is 0 Å². The van der Waals surface area contributed by atoms with E-state index in [1.165, 1.54) is 0 Å². The second-order valence-corrected chi connectivity index (χ2v) is 5.26. The van der Waals surface area contributed by atoms with Crippen molar-refractivity contribution in [2.45, 2.75) is 36.8 Å². The molecule has 4 aliphatic carbocycles. The van der Waals surface area contributed by atoms with Crippen LogP contribution in [0.4, 0.5) is 0 Å². The predicted octanol–water partition coefficient (Wildman–Crippen LogP) is -0.647. The predicted molar refractivity (Wildman–Crippen MR) is 49.3 cm³/mol. The molecule has 0 amide bonds. The summed E-state index contributed by atoms with van der Waals surface area (Å²) < 4.78 is 0. The van der Waals surface area contributed by atoms with E-state index < -0.39 is 11.1 Å². The van der Waals surface area contributed by atoms with Crippen LogP contribution in [0, 0.1) is 11.8 Å². The molecule has 0 heterocycles. The fraction of sp³-hybridized carbons (Fsp3) is 0.800. The highest BCUT2D eigenvalue weighted by Crippen LogP contribution is 2.51. The lowest BCUT2D eigenvalue weighted by molar-refractivity contribution is -0.155. The van der Waals surface area contributed by atoms with E-state index >= 15 is 0 Å². The van der Waals surface area contributed by atoms with Gasteiger partial charge in [0.2, 0.25) is 0 Å². The average molecular weight is 194 g/mol. The number of nitrogens with two attached hydrogens (primary N) is 2. The first-order valence-corrected chi connectivity index (χ1v) is 5.11. The minimum atomic E-state index is -0.783. The molecule has 0 aromatic heterocycles. The van der Waals surface area contributed by atoms with Crippen molar-refractivity contribution < 1.29 is 9.59 Å². The summed E-state index contributed by atoms with van der Waals surface area (Å²) in [7, 11) is 0. The summed E-state index contributed by atoms with van der Waals surface area (Å²) in [6.07, 6.45) is 2.11. The molecule has 0 spiro atoms. The van der Waals surface area contributed by atoms with Gasteiger partial charge in [-0.25, -0.2) is 0 Å². The maximum Gasteiger partial charge on any atom is 0.155 e. The van der Waals surface area contributed by atoms with Crippen molar-refractivity contribution in [3.8, 4) is 0 Å². The van der Waals surface area contributed by atoms with Gasteiger partial charge in [-0.3, -0.25) is 9.59 Å². The zero-order valence-corrected chi connectivity index (χ0v) is 7.95.